The molecule has 2 aliphatic rings. The summed E-state index contributed by atoms with van der Waals surface area (Å²) in [7, 11) is 0. The van der Waals surface area contributed by atoms with Crippen molar-refractivity contribution in [2.75, 3.05) is 0 Å². The Morgan fingerprint density at radius 2 is 1.67 bits per heavy atom. The summed E-state index contributed by atoms with van der Waals surface area (Å²) < 4.78 is 0. The molecule has 0 aliphatic heterocycles. The Morgan fingerprint density at radius 1 is 0.944 bits per heavy atom. The number of carbonyl (C=O) groups excluding carboxylic acids is 1. The number of fused-ring (bicyclic) bond motifs is 1. The fourth-order valence-corrected chi connectivity index (χ4v) is 3.61. The van der Waals surface area contributed by atoms with Gasteiger partial charge in [-0.1, -0.05) is 6.07 Å². The lowest BCUT2D eigenvalue weighted by atomic mass is 9.71. The highest BCUT2D eigenvalue weighted by molar-refractivity contribution is 5.79. The maximum Gasteiger partial charge on any atom is 0.132 e. The summed E-state index contributed by atoms with van der Waals surface area (Å²) in [5.74, 6) is 2.32. The lowest BCUT2D eigenvalue weighted by Crippen LogP contribution is -2.26. The fraction of sp³-hybridized carbons (Fsp3) is 0.562. The second kappa shape index (κ2) is 4.75. The standard InChI is InChI=1S/C16H20O2/c17-15-6-3-11(4-7-15)12-1-2-14-10-16(18)8-5-13(14)9-12/h5,8,10-12,18H,1-4,6-7,9H2. The summed E-state index contributed by atoms with van der Waals surface area (Å²) in [5.41, 5.74) is 2.72. The van der Waals surface area contributed by atoms with Gasteiger partial charge >= 0.3 is 0 Å². The van der Waals surface area contributed by atoms with Gasteiger partial charge in [0.15, 0.2) is 0 Å². The molecule has 0 spiro atoms. The van der Waals surface area contributed by atoms with Crippen LogP contribution in [0.15, 0.2) is 18.2 Å². The number of aromatic hydroxyl groups is 1. The predicted octanol–water partition coefficient (Wildman–Crippen LogP) is 3.26. The minimum atomic E-state index is 0.385. The third-order valence-electron chi connectivity index (χ3n) is 4.71. The normalized spacial score (nSPS) is 24.9. The van der Waals surface area contributed by atoms with Crippen molar-refractivity contribution in [3.05, 3.63) is 29.3 Å². The molecule has 0 bridgehead atoms. The summed E-state index contributed by atoms with van der Waals surface area (Å²) in [6.45, 7) is 0. The number of phenols is 1. The van der Waals surface area contributed by atoms with Crippen LogP contribution < -0.4 is 0 Å². The van der Waals surface area contributed by atoms with Crippen molar-refractivity contribution in [3.63, 3.8) is 0 Å². The highest BCUT2D eigenvalue weighted by Gasteiger charge is 2.29. The van der Waals surface area contributed by atoms with Gasteiger partial charge in [0, 0.05) is 12.8 Å². The van der Waals surface area contributed by atoms with E-state index >= 15 is 0 Å². The Labute approximate surface area is 108 Å². The third-order valence-corrected chi connectivity index (χ3v) is 4.71. The SMILES string of the molecule is O=C1CCC(C2CCc3cc(O)ccc3C2)CC1. The van der Waals surface area contributed by atoms with Crippen LogP contribution in [0.3, 0.4) is 0 Å². The molecular formula is C16H20O2. The van der Waals surface area contributed by atoms with Crippen LogP contribution in [-0.4, -0.2) is 10.9 Å². The molecule has 0 radical (unpaired) electrons. The van der Waals surface area contributed by atoms with Crippen LogP contribution in [0.5, 0.6) is 5.75 Å². The first-order chi connectivity index (χ1) is 8.72. The molecule has 1 aromatic rings. The molecule has 0 heterocycles. The van der Waals surface area contributed by atoms with Crippen molar-refractivity contribution < 1.29 is 9.90 Å². The number of ketones is 1. The van der Waals surface area contributed by atoms with Gasteiger partial charge in [0.05, 0.1) is 0 Å². The summed E-state index contributed by atoms with van der Waals surface area (Å²) in [5, 5.41) is 9.49. The van der Waals surface area contributed by atoms with E-state index in [1.807, 2.05) is 6.07 Å². The fourth-order valence-electron chi connectivity index (χ4n) is 3.61. The third kappa shape index (κ3) is 2.29. The van der Waals surface area contributed by atoms with Gasteiger partial charge in [0.25, 0.3) is 0 Å². The smallest absolute Gasteiger partial charge is 0.132 e. The van der Waals surface area contributed by atoms with Gasteiger partial charge in [-0.2, -0.15) is 0 Å². The summed E-state index contributed by atoms with van der Waals surface area (Å²) in [4.78, 5) is 11.3. The molecule has 3 rings (SSSR count). The molecule has 96 valence electrons. The van der Waals surface area contributed by atoms with Crippen molar-refractivity contribution in [3.8, 4) is 5.75 Å². The van der Waals surface area contributed by atoms with Gasteiger partial charge in [-0.3, -0.25) is 4.79 Å². The van der Waals surface area contributed by atoms with E-state index in [1.54, 1.807) is 6.07 Å². The number of aryl methyl sites for hydroxylation is 1. The van der Waals surface area contributed by atoms with E-state index in [2.05, 4.69) is 6.07 Å². The van der Waals surface area contributed by atoms with Crippen molar-refractivity contribution in [2.24, 2.45) is 11.8 Å². The largest absolute Gasteiger partial charge is 0.508 e. The molecule has 1 N–H and O–H groups in total. The molecule has 0 aromatic heterocycles. The van der Waals surface area contributed by atoms with E-state index in [0.29, 0.717) is 11.5 Å². The highest BCUT2D eigenvalue weighted by atomic mass is 16.3. The maximum absolute atomic E-state index is 11.3. The molecule has 2 nitrogen and oxygen atoms in total. The molecule has 1 saturated carbocycles. The lowest BCUT2D eigenvalue weighted by Gasteiger charge is -2.33. The maximum atomic E-state index is 11.3. The minimum absolute atomic E-state index is 0.385. The minimum Gasteiger partial charge on any atom is -0.508 e. The van der Waals surface area contributed by atoms with Gasteiger partial charge in [-0.25, -0.2) is 0 Å². The van der Waals surface area contributed by atoms with Gasteiger partial charge in [0.1, 0.15) is 11.5 Å². The van der Waals surface area contributed by atoms with E-state index < -0.39 is 0 Å². The van der Waals surface area contributed by atoms with Crippen molar-refractivity contribution >= 4 is 5.78 Å². The summed E-state index contributed by atoms with van der Waals surface area (Å²) >= 11 is 0. The number of hydrogen-bond donors (Lipinski definition) is 1. The predicted molar refractivity (Wildman–Crippen MR) is 70.6 cm³/mol. The quantitative estimate of drug-likeness (QED) is 0.823. The molecule has 0 saturated heterocycles. The number of rotatable bonds is 1. The number of carbonyl (C=O) groups is 1. The van der Waals surface area contributed by atoms with Crippen molar-refractivity contribution in [1.82, 2.24) is 0 Å². The van der Waals surface area contributed by atoms with E-state index in [0.717, 1.165) is 50.4 Å². The van der Waals surface area contributed by atoms with E-state index in [1.165, 1.54) is 17.5 Å². The lowest BCUT2D eigenvalue weighted by molar-refractivity contribution is -0.121. The van der Waals surface area contributed by atoms with Crippen molar-refractivity contribution in [1.29, 1.82) is 0 Å². The molecule has 1 fully saturated rings. The topological polar surface area (TPSA) is 37.3 Å². The number of phenolic OH excluding ortho intramolecular Hbond substituents is 1. The van der Waals surface area contributed by atoms with Gasteiger partial charge in [-0.15, -0.1) is 0 Å². The van der Waals surface area contributed by atoms with Crippen LogP contribution in [-0.2, 0) is 17.6 Å². The first-order valence-electron chi connectivity index (χ1n) is 7.05. The van der Waals surface area contributed by atoms with Crippen LogP contribution in [0.4, 0.5) is 0 Å². The monoisotopic (exact) mass is 244 g/mol. The second-order valence-corrected chi connectivity index (χ2v) is 5.83. The van der Waals surface area contributed by atoms with Crippen LogP contribution >= 0.6 is 0 Å². The summed E-state index contributed by atoms with van der Waals surface area (Å²) in [6.07, 6.45) is 7.21. The molecule has 1 atom stereocenters. The zero-order valence-electron chi connectivity index (χ0n) is 10.7. The Balaban J connectivity index is 1.71. The average molecular weight is 244 g/mol. The van der Waals surface area contributed by atoms with E-state index in [-0.39, 0.29) is 0 Å². The Bertz CT molecular complexity index is 454. The summed E-state index contributed by atoms with van der Waals surface area (Å²) in [6, 6.07) is 5.78. The van der Waals surface area contributed by atoms with Crippen LogP contribution in [0.2, 0.25) is 0 Å². The Kier molecular flexibility index (Phi) is 3.11. The number of Topliss-reactive ketones (excluding diaryl/α,β-unsaturated/α-hetero) is 1. The molecule has 1 unspecified atom stereocenters. The van der Waals surface area contributed by atoms with E-state index in [4.69, 9.17) is 0 Å². The van der Waals surface area contributed by atoms with Crippen LogP contribution in [0.1, 0.15) is 43.2 Å². The van der Waals surface area contributed by atoms with Crippen molar-refractivity contribution in [2.45, 2.75) is 44.9 Å². The zero-order chi connectivity index (χ0) is 12.5. The van der Waals surface area contributed by atoms with Gasteiger partial charge in [0.2, 0.25) is 0 Å². The number of benzene rings is 1. The van der Waals surface area contributed by atoms with Gasteiger partial charge in [-0.05, 0) is 67.2 Å². The molecule has 0 amide bonds. The Morgan fingerprint density at radius 3 is 2.44 bits per heavy atom. The first kappa shape index (κ1) is 11.8. The van der Waals surface area contributed by atoms with Crippen LogP contribution in [0, 0.1) is 11.8 Å². The zero-order valence-corrected chi connectivity index (χ0v) is 10.7. The first-order valence-corrected chi connectivity index (χ1v) is 7.05. The van der Waals surface area contributed by atoms with Gasteiger partial charge < -0.3 is 5.11 Å². The number of hydrogen-bond acceptors (Lipinski definition) is 2. The highest BCUT2D eigenvalue weighted by Crippen LogP contribution is 2.37. The average Bonchev–Trinajstić information content (AvgIpc) is 2.39. The second-order valence-electron chi connectivity index (χ2n) is 5.83. The Hall–Kier alpha value is -1.31. The molecular weight excluding hydrogens is 224 g/mol. The molecule has 2 heteroatoms. The molecule has 1 aromatic carbocycles. The van der Waals surface area contributed by atoms with Crippen LogP contribution in [0.25, 0.3) is 0 Å². The molecule has 18 heavy (non-hydrogen) atoms. The van der Waals surface area contributed by atoms with E-state index in [9.17, 15) is 9.90 Å². The molecule has 2 aliphatic carbocycles.